The SMILES string of the molecule is CCCn1cc(C(=O)O)c2ccccc21.I. The van der Waals surface area contributed by atoms with Gasteiger partial charge in [0, 0.05) is 23.6 Å². The van der Waals surface area contributed by atoms with Gasteiger partial charge in [0.15, 0.2) is 0 Å². The molecule has 16 heavy (non-hydrogen) atoms. The van der Waals surface area contributed by atoms with E-state index in [0.29, 0.717) is 5.56 Å². The molecular formula is C12H14INO2. The number of para-hydroxylation sites is 1. The number of hydrogen-bond acceptors (Lipinski definition) is 1. The second kappa shape index (κ2) is 5.34. The number of aromatic nitrogens is 1. The van der Waals surface area contributed by atoms with Crippen LogP contribution in [0.2, 0.25) is 0 Å². The Hall–Kier alpha value is -1.04. The molecule has 1 heterocycles. The summed E-state index contributed by atoms with van der Waals surface area (Å²) in [6, 6.07) is 7.60. The first-order valence-electron chi connectivity index (χ1n) is 5.05. The highest BCUT2D eigenvalue weighted by molar-refractivity contribution is 14.0. The molecule has 0 saturated heterocycles. The highest BCUT2D eigenvalue weighted by Gasteiger charge is 2.12. The van der Waals surface area contributed by atoms with E-state index < -0.39 is 5.97 Å². The van der Waals surface area contributed by atoms with Crippen molar-refractivity contribution in [2.45, 2.75) is 19.9 Å². The fourth-order valence-corrected chi connectivity index (χ4v) is 1.84. The molecule has 0 amide bonds. The highest BCUT2D eigenvalue weighted by Crippen LogP contribution is 2.21. The van der Waals surface area contributed by atoms with E-state index in [0.717, 1.165) is 23.9 Å². The Morgan fingerprint density at radius 2 is 2.06 bits per heavy atom. The van der Waals surface area contributed by atoms with Gasteiger partial charge in [-0.05, 0) is 12.5 Å². The van der Waals surface area contributed by atoms with Gasteiger partial charge >= 0.3 is 5.97 Å². The van der Waals surface area contributed by atoms with Crippen molar-refractivity contribution in [3.8, 4) is 0 Å². The van der Waals surface area contributed by atoms with Crippen molar-refractivity contribution in [3.63, 3.8) is 0 Å². The van der Waals surface area contributed by atoms with Crippen molar-refractivity contribution >= 4 is 40.8 Å². The van der Waals surface area contributed by atoms with Gasteiger partial charge in [-0.3, -0.25) is 0 Å². The normalized spacial score (nSPS) is 10.1. The second-order valence-corrected chi connectivity index (χ2v) is 3.56. The Morgan fingerprint density at radius 3 is 2.69 bits per heavy atom. The van der Waals surface area contributed by atoms with Crippen molar-refractivity contribution in [2.24, 2.45) is 0 Å². The fourth-order valence-electron chi connectivity index (χ4n) is 1.84. The number of aryl methyl sites for hydroxylation is 1. The van der Waals surface area contributed by atoms with Crippen molar-refractivity contribution < 1.29 is 9.90 Å². The predicted molar refractivity (Wildman–Crippen MR) is 74.6 cm³/mol. The average Bonchev–Trinajstić information content (AvgIpc) is 2.59. The predicted octanol–water partition coefficient (Wildman–Crippen LogP) is 3.37. The maximum Gasteiger partial charge on any atom is 0.337 e. The Kier molecular flexibility index (Phi) is 4.35. The number of aromatic carboxylic acids is 1. The molecule has 86 valence electrons. The molecule has 4 heteroatoms. The number of nitrogens with zero attached hydrogens (tertiary/aromatic N) is 1. The molecule has 2 aromatic rings. The molecule has 0 atom stereocenters. The first-order valence-corrected chi connectivity index (χ1v) is 5.05. The van der Waals surface area contributed by atoms with Crippen LogP contribution in [0.15, 0.2) is 30.5 Å². The van der Waals surface area contributed by atoms with Crippen LogP contribution in [0.25, 0.3) is 10.9 Å². The maximum absolute atomic E-state index is 11.0. The van der Waals surface area contributed by atoms with E-state index in [4.69, 9.17) is 5.11 Å². The van der Waals surface area contributed by atoms with Gasteiger partial charge in [0.05, 0.1) is 5.56 Å². The van der Waals surface area contributed by atoms with Crippen LogP contribution in [0.4, 0.5) is 0 Å². The summed E-state index contributed by atoms with van der Waals surface area (Å²) in [6.45, 7) is 2.93. The summed E-state index contributed by atoms with van der Waals surface area (Å²) < 4.78 is 2.00. The van der Waals surface area contributed by atoms with Crippen molar-refractivity contribution in [1.29, 1.82) is 0 Å². The first kappa shape index (κ1) is 13.0. The zero-order valence-corrected chi connectivity index (χ0v) is 11.3. The van der Waals surface area contributed by atoms with Crippen LogP contribution >= 0.6 is 24.0 Å². The molecule has 0 fully saturated rings. The maximum atomic E-state index is 11.0. The molecular weight excluding hydrogens is 317 g/mol. The lowest BCUT2D eigenvalue weighted by Crippen LogP contribution is -1.96. The van der Waals surface area contributed by atoms with E-state index in [-0.39, 0.29) is 24.0 Å². The highest BCUT2D eigenvalue weighted by atomic mass is 127. The zero-order valence-electron chi connectivity index (χ0n) is 9.01. The van der Waals surface area contributed by atoms with Crippen LogP contribution in [-0.2, 0) is 6.54 Å². The lowest BCUT2D eigenvalue weighted by Gasteiger charge is -2.00. The van der Waals surface area contributed by atoms with Gasteiger partial charge in [0.2, 0.25) is 0 Å². The monoisotopic (exact) mass is 331 g/mol. The van der Waals surface area contributed by atoms with Gasteiger partial charge in [-0.2, -0.15) is 0 Å². The van der Waals surface area contributed by atoms with E-state index in [9.17, 15) is 4.79 Å². The quantitative estimate of drug-likeness (QED) is 0.877. The second-order valence-electron chi connectivity index (χ2n) is 3.56. The third kappa shape index (κ3) is 2.21. The Bertz CT molecular complexity index is 505. The standard InChI is InChI=1S/C12H13NO2.HI/c1-2-7-13-8-10(12(14)15)9-5-3-4-6-11(9)13;/h3-6,8H,2,7H2,1H3,(H,14,15);1H. The number of carbonyl (C=O) groups is 1. The fraction of sp³-hybridized carbons (Fsp3) is 0.250. The molecule has 2 rings (SSSR count). The topological polar surface area (TPSA) is 42.2 Å². The minimum Gasteiger partial charge on any atom is -0.478 e. The number of carboxylic acids is 1. The summed E-state index contributed by atoms with van der Waals surface area (Å²) in [7, 11) is 0. The third-order valence-electron chi connectivity index (χ3n) is 2.48. The Balaban J connectivity index is 0.00000128. The minimum atomic E-state index is -0.860. The summed E-state index contributed by atoms with van der Waals surface area (Å²) in [6.07, 6.45) is 2.72. The number of fused-ring (bicyclic) bond motifs is 1. The molecule has 0 aliphatic carbocycles. The lowest BCUT2D eigenvalue weighted by atomic mass is 10.2. The molecule has 3 nitrogen and oxygen atoms in total. The third-order valence-corrected chi connectivity index (χ3v) is 2.48. The summed E-state index contributed by atoms with van der Waals surface area (Å²) in [5, 5.41) is 9.87. The Labute approximate surface area is 111 Å². The van der Waals surface area contributed by atoms with Crippen LogP contribution in [-0.4, -0.2) is 15.6 Å². The molecule has 0 saturated carbocycles. The number of benzene rings is 1. The van der Waals surface area contributed by atoms with Gasteiger partial charge < -0.3 is 9.67 Å². The van der Waals surface area contributed by atoms with Crippen LogP contribution in [0.1, 0.15) is 23.7 Å². The van der Waals surface area contributed by atoms with Crippen molar-refractivity contribution in [3.05, 3.63) is 36.0 Å². The van der Waals surface area contributed by atoms with E-state index in [2.05, 4.69) is 6.92 Å². The zero-order chi connectivity index (χ0) is 10.8. The van der Waals surface area contributed by atoms with Crippen molar-refractivity contribution in [1.82, 2.24) is 4.57 Å². The Morgan fingerprint density at radius 1 is 1.38 bits per heavy atom. The summed E-state index contributed by atoms with van der Waals surface area (Å²) in [5.41, 5.74) is 1.39. The van der Waals surface area contributed by atoms with Gasteiger partial charge in [0.25, 0.3) is 0 Å². The van der Waals surface area contributed by atoms with E-state index >= 15 is 0 Å². The molecule has 0 aliphatic heterocycles. The van der Waals surface area contributed by atoms with Gasteiger partial charge in [-0.25, -0.2) is 4.79 Å². The summed E-state index contributed by atoms with van der Waals surface area (Å²) in [4.78, 5) is 11.0. The number of carboxylic acid groups (broad SMARTS) is 1. The number of halogens is 1. The molecule has 1 N–H and O–H groups in total. The lowest BCUT2D eigenvalue weighted by molar-refractivity contribution is 0.0699. The number of rotatable bonds is 3. The number of hydrogen-bond donors (Lipinski definition) is 1. The summed E-state index contributed by atoms with van der Waals surface area (Å²) >= 11 is 0. The van der Waals surface area contributed by atoms with E-state index in [1.54, 1.807) is 6.20 Å². The first-order chi connectivity index (χ1) is 7.24. The van der Waals surface area contributed by atoms with E-state index in [1.807, 2.05) is 28.8 Å². The molecule has 1 aromatic carbocycles. The molecule has 1 aromatic heterocycles. The smallest absolute Gasteiger partial charge is 0.337 e. The van der Waals surface area contributed by atoms with Gasteiger partial charge in [-0.1, -0.05) is 25.1 Å². The largest absolute Gasteiger partial charge is 0.478 e. The van der Waals surface area contributed by atoms with E-state index in [1.165, 1.54) is 0 Å². The molecule has 0 radical (unpaired) electrons. The van der Waals surface area contributed by atoms with Crippen LogP contribution in [0.3, 0.4) is 0 Å². The van der Waals surface area contributed by atoms with Gasteiger partial charge in [0.1, 0.15) is 0 Å². The molecule has 0 aliphatic rings. The molecule has 0 spiro atoms. The van der Waals surface area contributed by atoms with Crippen LogP contribution in [0, 0.1) is 0 Å². The van der Waals surface area contributed by atoms with Crippen molar-refractivity contribution in [2.75, 3.05) is 0 Å². The van der Waals surface area contributed by atoms with Crippen LogP contribution < -0.4 is 0 Å². The minimum absolute atomic E-state index is 0. The molecule has 0 bridgehead atoms. The van der Waals surface area contributed by atoms with Gasteiger partial charge in [-0.15, -0.1) is 24.0 Å². The average molecular weight is 331 g/mol. The summed E-state index contributed by atoms with van der Waals surface area (Å²) in [5.74, 6) is -0.860. The molecule has 0 unspecified atom stereocenters. The van der Waals surface area contributed by atoms with Crippen LogP contribution in [0.5, 0.6) is 0 Å².